The van der Waals surface area contributed by atoms with Gasteiger partial charge in [-0.3, -0.25) is 0 Å². The number of halogens is 1. The lowest BCUT2D eigenvalue weighted by molar-refractivity contribution is 0.628. The van der Waals surface area contributed by atoms with Crippen molar-refractivity contribution in [2.24, 2.45) is 0 Å². The van der Waals surface area contributed by atoms with Gasteiger partial charge in [0.15, 0.2) is 11.6 Å². The summed E-state index contributed by atoms with van der Waals surface area (Å²) in [5.41, 5.74) is 1.76. The maximum atomic E-state index is 13.2. The molecule has 19 heavy (non-hydrogen) atoms. The molecular weight excluding hydrogens is 243 g/mol. The number of nitrogens with zero attached hydrogens (tertiary/aromatic N) is 3. The van der Waals surface area contributed by atoms with Gasteiger partial charge < -0.3 is 10.2 Å². The van der Waals surface area contributed by atoms with Crippen LogP contribution in [-0.2, 0) is 0 Å². The minimum atomic E-state index is -0.268. The van der Waals surface area contributed by atoms with Crippen LogP contribution in [0.1, 0.15) is 6.42 Å². The molecule has 1 N–H and O–H groups in total. The summed E-state index contributed by atoms with van der Waals surface area (Å²) in [6.45, 7) is 2.07. The Bertz CT molecular complexity index is 643. The number of benzene rings is 1. The van der Waals surface area contributed by atoms with Gasteiger partial charge in [-0.2, -0.15) is 0 Å². The molecule has 1 unspecified atom stereocenters. The Morgan fingerprint density at radius 3 is 3.21 bits per heavy atom. The molecule has 2 aromatic rings. The average Bonchev–Trinajstić information content (AvgIpc) is 2.81. The molecule has 96 valence electrons. The highest BCUT2D eigenvalue weighted by molar-refractivity contribution is 5.72. The Morgan fingerprint density at radius 1 is 1.37 bits per heavy atom. The van der Waals surface area contributed by atoms with Crippen molar-refractivity contribution in [1.29, 1.82) is 0 Å². The highest BCUT2D eigenvalue weighted by atomic mass is 19.1. The van der Waals surface area contributed by atoms with Crippen LogP contribution < -0.4 is 10.2 Å². The van der Waals surface area contributed by atoms with Crippen molar-refractivity contribution < 1.29 is 4.39 Å². The summed E-state index contributed by atoms with van der Waals surface area (Å²) >= 11 is 0. The molecule has 2 aliphatic rings. The minimum absolute atomic E-state index is 0.268. The third kappa shape index (κ3) is 1.73. The van der Waals surface area contributed by atoms with Crippen LogP contribution in [0.3, 0.4) is 0 Å². The Hall–Kier alpha value is -2.17. The highest BCUT2D eigenvalue weighted by Gasteiger charge is 2.31. The molecule has 1 fully saturated rings. The van der Waals surface area contributed by atoms with Crippen molar-refractivity contribution in [3.8, 4) is 11.4 Å². The molecule has 5 heteroatoms. The normalized spacial score (nSPS) is 20.1. The van der Waals surface area contributed by atoms with Gasteiger partial charge in [0.25, 0.3) is 0 Å². The molecule has 3 heterocycles. The molecule has 1 atom stereocenters. The van der Waals surface area contributed by atoms with Crippen LogP contribution in [0.25, 0.3) is 11.4 Å². The molecule has 0 spiro atoms. The molecule has 2 bridgehead atoms. The fraction of sp³-hybridized carbons (Fsp3) is 0.286. The van der Waals surface area contributed by atoms with E-state index in [9.17, 15) is 4.39 Å². The lowest BCUT2D eigenvalue weighted by atomic mass is 10.2. The van der Waals surface area contributed by atoms with E-state index in [-0.39, 0.29) is 5.82 Å². The second kappa shape index (κ2) is 3.91. The number of nitrogens with one attached hydrogen (secondary N) is 1. The van der Waals surface area contributed by atoms with E-state index in [0.29, 0.717) is 17.4 Å². The monoisotopic (exact) mass is 256 g/mol. The van der Waals surface area contributed by atoms with E-state index in [1.165, 1.54) is 12.1 Å². The molecule has 1 saturated heterocycles. The molecule has 0 amide bonds. The number of fused-ring (bicyclic) bond motifs is 4. The number of rotatable bonds is 1. The first-order valence-electron chi connectivity index (χ1n) is 6.44. The van der Waals surface area contributed by atoms with Gasteiger partial charge in [0.05, 0.1) is 11.9 Å². The Labute approximate surface area is 110 Å². The number of hydrogen-bond acceptors (Lipinski definition) is 4. The van der Waals surface area contributed by atoms with Crippen LogP contribution in [-0.4, -0.2) is 29.1 Å². The third-order valence-electron chi connectivity index (χ3n) is 3.72. The zero-order chi connectivity index (χ0) is 12.8. The van der Waals surface area contributed by atoms with Crippen molar-refractivity contribution in [2.75, 3.05) is 23.3 Å². The van der Waals surface area contributed by atoms with Crippen LogP contribution in [0.4, 0.5) is 15.9 Å². The van der Waals surface area contributed by atoms with E-state index in [1.54, 1.807) is 6.07 Å². The van der Waals surface area contributed by atoms with Crippen LogP contribution in [0, 0.1) is 5.82 Å². The molecule has 4 nitrogen and oxygen atoms in total. The lowest BCUT2D eigenvalue weighted by Crippen LogP contribution is -2.32. The summed E-state index contributed by atoms with van der Waals surface area (Å²) < 4.78 is 13.2. The third-order valence-corrected chi connectivity index (χ3v) is 3.72. The summed E-state index contributed by atoms with van der Waals surface area (Å²) in [4.78, 5) is 11.2. The SMILES string of the molecule is Fc1cccc(-c2ncc3c(n2)NC2CCN3C2)c1. The molecule has 0 aliphatic carbocycles. The lowest BCUT2D eigenvalue weighted by Gasteiger charge is -2.27. The molecule has 1 aromatic carbocycles. The van der Waals surface area contributed by atoms with Crippen LogP contribution in [0.5, 0.6) is 0 Å². The average molecular weight is 256 g/mol. The number of hydrogen-bond donors (Lipinski definition) is 1. The van der Waals surface area contributed by atoms with E-state index in [1.807, 2.05) is 12.3 Å². The second-order valence-corrected chi connectivity index (χ2v) is 5.01. The van der Waals surface area contributed by atoms with Crippen molar-refractivity contribution >= 4 is 11.5 Å². The van der Waals surface area contributed by atoms with E-state index in [2.05, 4.69) is 20.2 Å². The zero-order valence-electron chi connectivity index (χ0n) is 10.3. The topological polar surface area (TPSA) is 41.1 Å². The van der Waals surface area contributed by atoms with Crippen LogP contribution >= 0.6 is 0 Å². The minimum Gasteiger partial charge on any atom is -0.365 e. The van der Waals surface area contributed by atoms with E-state index < -0.39 is 0 Å². The summed E-state index contributed by atoms with van der Waals surface area (Å²) in [6, 6.07) is 6.85. The first-order valence-corrected chi connectivity index (χ1v) is 6.44. The van der Waals surface area contributed by atoms with Crippen LogP contribution in [0.15, 0.2) is 30.5 Å². The number of aromatic nitrogens is 2. The Balaban J connectivity index is 1.78. The highest BCUT2D eigenvalue weighted by Crippen LogP contribution is 2.34. The van der Waals surface area contributed by atoms with E-state index >= 15 is 0 Å². The molecule has 2 aliphatic heterocycles. The fourth-order valence-electron chi connectivity index (χ4n) is 2.77. The molecular formula is C14H13FN4. The Kier molecular flexibility index (Phi) is 2.21. The summed E-state index contributed by atoms with van der Waals surface area (Å²) in [5.74, 6) is 1.16. The first kappa shape index (κ1) is 10.7. The smallest absolute Gasteiger partial charge is 0.161 e. The molecule has 4 rings (SSSR count). The summed E-state index contributed by atoms with van der Waals surface area (Å²) in [5, 5.41) is 3.43. The molecule has 0 saturated carbocycles. The number of anilines is 2. The summed E-state index contributed by atoms with van der Waals surface area (Å²) in [7, 11) is 0. The van der Waals surface area contributed by atoms with Gasteiger partial charge in [0, 0.05) is 24.7 Å². The van der Waals surface area contributed by atoms with Crippen molar-refractivity contribution in [3.63, 3.8) is 0 Å². The maximum absolute atomic E-state index is 13.2. The fourth-order valence-corrected chi connectivity index (χ4v) is 2.77. The van der Waals surface area contributed by atoms with Gasteiger partial charge in [0.1, 0.15) is 5.82 Å². The predicted molar refractivity (Wildman–Crippen MR) is 71.7 cm³/mol. The first-order chi connectivity index (χ1) is 9.29. The maximum Gasteiger partial charge on any atom is 0.161 e. The van der Waals surface area contributed by atoms with Crippen molar-refractivity contribution in [3.05, 3.63) is 36.3 Å². The second-order valence-electron chi connectivity index (χ2n) is 5.01. The largest absolute Gasteiger partial charge is 0.365 e. The van der Waals surface area contributed by atoms with Gasteiger partial charge in [-0.1, -0.05) is 12.1 Å². The van der Waals surface area contributed by atoms with Gasteiger partial charge >= 0.3 is 0 Å². The quantitative estimate of drug-likeness (QED) is 0.850. The van der Waals surface area contributed by atoms with Crippen molar-refractivity contribution in [1.82, 2.24) is 9.97 Å². The standard InChI is InChI=1S/C14H13FN4/c15-10-3-1-2-9(6-10)13-16-7-12-14(18-13)17-11-4-5-19(12)8-11/h1-3,6-7,11H,4-5,8H2,(H,16,17,18). The Morgan fingerprint density at radius 2 is 2.32 bits per heavy atom. The molecule has 1 aromatic heterocycles. The van der Waals surface area contributed by atoms with E-state index in [4.69, 9.17) is 0 Å². The van der Waals surface area contributed by atoms with Gasteiger partial charge in [-0.15, -0.1) is 0 Å². The van der Waals surface area contributed by atoms with Gasteiger partial charge in [0.2, 0.25) is 0 Å². The van der Waals surface area contributed by atoms with Gasteiger partial charge in [-0.25, -0.2) is 14.4 Å². The van der Waals surface area contributed by atoms with Gasteiger partial charge in [-0.05, 0) is 18.6 Å². The van der Waals surface area contributed by atoms with E-state index in [0.717, 1.165) is 31.0 Å². The molecule has 0 radical (unpaired) electrons. The predicted octanol–water partition coefficient (Wildman–Crippen LogP) is 2.29. The van der Waals surface area contributed by atoms with Crippen LogP contribution in [0.2, 0.25) is 0 Å². The summed E-state index contributed by atoms with van der Waals surface area (Å²) in [6.07, 6.45) is 2.96. The zero-order valence-corrected chi connectivity index (χ0v) is 10.3. The van der Waals surface area contributed by atoms with Crippen molar-refractivity contribution in [2.45, 2.75) is 12.5 Å².